The zero-order chi connectivity index (χ0) is 10.0. The van der Waals surface area contributed by atoms with Gasteiger partial charge in [-0.3, -0.25) is 0 Å². The molecule has 1 aromatic rings. The standard InChI is InChI=1S/C6H4O4S3/c1-10-5(9)3-2(4(7)8)12-6(11)13-3/h1H3,(H,7,8). The van der Waals surface area contributed by atoms with E-state index in [0.717, 1.165) is 22.7 Å². The molecular weight excluding hydrogens is 232 g/mol. The maximum absolute atomic E-state index is 11.0. The fraction of sp³-hybridized carbons (Fsp3) is 0.167. The van der Waals surface area contributed by atoms with E-state index in [0.29, 0.717) is 3.14 Å². The van der Waals surface area contributed by atoms with Crippen molar-refractivity contribution >= 4 is 46.8 Å². The molecule has 0 aliphatic carbocycles. The van der Waals surface area contributed by atoms with Gasteiger partial charge in [-0.2, -0.15) is 0 Å². The monoisotopic (exact) mass is 236 g/mol. The summed E-state index contributed by atoms with van der Waals surface area (Å²) in [6.45, 7) is 0. The maximum atomic E-state index is 11.0. The van der Waals surface area contributed by atoms with E-state index in [4.69, 9.17) is 17.3 Å². The highest BCUT2D eigenvalue weighted by molar-refractivity contribution is 7.76. The number of methoxy groups -OCH3 is 1. The molecule has 4 nitrogen and oxygen atoms in total. The molecule has 1 N–H and O–H groups in total. The van der Waals surface area contributed by atoms with Crippen LogP contribution in [-0.2, 0) is 4.74 Å². The van der Waals surface area contributed by atoms with E-state index in [1.54, 1.807) is 0 Å². The van der Waals surface area contributed by atoms with Gasteiger partial charge in [0, 0.05) is 0 Å². The van der Waals surface area contributed by atoms with Gasteiger partial charge in [-0.25, -0.2) is 9.59 Å². The van der Waals surface area contributed by atoms with E-state index >= 15 is 0 Å². The van der Waals surface area contributed by atoms with Crippen LogP contribution in [0.3, 0.4) is 0 Å². The summed E-state index contributed by atoms with van der Waals surface area (Å²) in [5.74, 6) is -1.81. The Balaban J connectivity index is 3.27. The zero-order valence-corrected chi connectivity index (χ0v) is 8.85. The Labute approximate surface area is 86.4 Å². The largest absolute Gasteiger partial charge is 0.477 e. The maximum Gasteiger partial charge on any atom is 0.349 e. The first-order valence-electron chi connectivity index (χ1n) is 3.01. The summed E-state index contributed by atoms with van der Waals surface area (Å²) in [4.78, 5) is 21.7. The van der Waals surface area contributed by atoms with Crippen LogP contribution in [0.1, 0.15) is 19.3 Å². The fourth-order valence-electron chi connectivity index (χ4n) is 0.648. The molecule has 0 amide bonds. The number of rotatable bonds is 2. The van der Waals surface area contributed by atoms with Crippen molar-refractivity contribution in [3.8, 4) is 0 Å². The summed E-state index contributed by atoms with van der Waals surface area (Å²) in [5, 5.41) is 8.69. The number of hydrogen-bond donors (Lipinski definition) is 1. The minimum Gasteiger partial charge on any atom is -0.477 e. The van der Waals surface area contributed by atoms with Crippen molar-refractivity contribution in [3.05, 3.63) is 12.9 Å². The van der Waals surface area contributed by atoms with Gasteiger partial charge in [0.2, 0.25) is 0 Å². The average Bonchev–Trinajstić information content (AvgIpc) is 2.46. The summed E-state index contributed by atoms with van der Waals surface area (Å²) in [7, 11) is 1.20. The lowest BCUT2D eigenvalue weighted by atomic mass is 10.4. The van der Waals surface area contributed by atoms with Crippen LogP contribution in [0.4, 0.5) is 0 Å². The first-order valence-corrected chi connectivity index (χ1v) is 5.06. The van der Waals surface area contributed by atoms with Crippen LogP contribution in [0, 0.1) is 3.14 Å². The molecule has 1 aromatic heterocycles. The summed E-state index contributed by atoms with van der Waals surface area (Å²) < 4.78 is 4.81. The number of aromatic carboxylic acids is 1. The molecule has 0 saturated heterocycles. The Bertz CT molecular complexity index is 402. The van der Waals surface area contributed by atoms with Gasteiger partial charge >= 0.3 is 11.9 Å². The molecular formula is C6H4O4S3. The molecule has 1 rings (SSSR count). The van der Waals surface area contributed by atoms with Gasteiger partial charge < -0.3 is 9.84 Å². The highest BCUT2D eigenvalue weighted by Gasteiger charge is 2.20. The molecule has 0 unspecified atom stereocenters. The molecule has 0 aliphatic rings. The van der Waals surface area contributed by atoms with Crippen molar-refractivity contribution in [2.45, 2.75) is 0 Å². The third-order valence-corrected chi connectivity index (χ3v) is 3.76. The minimum atomic E-state index is -1.15. The first-order chi connectivity index (χ1) is 6.06. The molecule has 0 atom stereocenters. The summed E-state index contributed by atoms with van der Waals surface area (Å²) >= 11 is 6.63. The number of carboxylic acid groups (broad SMARTS) is 1. The van der Waals surface area contributed by atoms with Crippen LogP contribution in [-0.4, -0.2) is 24.2 Å². The molecule has 0 saturated carbocycles. The Hall–Kier alpha value is -0.790. The Morgan fingerprint density at radius 1 is 1.38 bits per heavy atom. The number of carbonyl (C=O) groups excluding carboxylic acids is 1. The van der Waals surface area contributed by atoms with Gasteiger partial charge in [-0.05, 0) is 0 Å². The van der Waals surface area contributed by atoms with Gasteiger partial charge in [-0.1, -0.05) is 12.2 Å². The van der Waals surface area contributed by atoms with Crippen molar-refractivity contribution in [1.82, 2.24) is 0 Å². The SMILES string of the molecule is COC(=O)c1sc(=S)sc1C(=O)O. The number of esters is 1. The lowest BCUT2D eigenvalue weighted by molar-refractivity contribution is 0.0590. The third-order valence-electron chi connectivity index (χ3n) is 1.14. The Kier molecular flexibility index (Phi) is 3.12. The molecule has 13 heavy (non-hydrogen) atoms. The van der Waals surface area contributed by atoms with Gasteiger partial charge in [0.15, 0.2) is 0 Å². The molecule has 70 valence electrons. The van der Waals surface area contributed by atoms with E-state index in [1.807, 2.05) is 0 Å². The minimum absolute atomic E-state index is 0.0538. The summed E-state index contributed by atoms with van der Waals surface area (Å²) in [6, 6.07) is 0. The van der Waals surface area contributed by atoms with E-state index in [1.165, 1.54) is 7.11 Å². The molecule has 0 aromatic carbocycles. The van der Waals surface area contributed by atoms with Crippen molar-refractivity contribution < 1.29 is 19.4 Å². The molecule has 0 radical (unpaired) electrons. The van der Waals surface area contributed by atoms with Crippen LogP contribution in [0.15, 0.2) is 0 Å². The van der Waals surface area contributed by atoms with Crippen LogP contribution in [0.2, 0.25) is 0 Å². The van der Waals surface area contributed by atoms with Crippen molar-refractivity contribution in [1.29, 1.82) is 0 Å². The van der Waals surface area contributed by atoms with Gasteiger partial charge in [0.1, 0.15) is 12.9 Å². The van der Waals surface area contributed by atoms with Crippen LogP contribution >= 0.6 is 34.9 Å². The molecule has 1 heterocycles. The predicted molar refractivity (Wildman–Crippen MR) is 51.3 cm³/mol. The van der Waals surface area contributed by atoms with Crippen molar-refractivity contribution in [2.75, 3.05) is 7.11 Å². The van der Waals surface area contributed by atoms with E-state index in [9.17, 15) is 9.59 Å². The van der Waals surface area contributed by atoms with E-state index in [-0.39, 0.29) is 9.75 Å². The van der Waals surface area contributed by atoms with E-state index in [2.05, 4.69) is 4.74 Å². The van der Waals surface area contributed by atoms with Crippen molar-refractivity contribution in [2.24, 2.45) is 0 Å². The lowest BCUT2D eigenvalue weighted by Gasteiger charge is -1.94. The van der Waals surface area contributed by atoms with Gasteiger partial charge in [0.25, 0.3) is 0 Å². The van der Waals surface area contributed by atoms with Crippen LogP contribution < -0.4 is 0 Å². The highest BCUT2D eigenvalue weighted by atomic mass is 32.2. The smallest absolute Gasteiger partial charge is 0.349 e. The molecule has 0 aliphatic heterocycles. The first kappa shape index (κ1) is 10.3. The fourth-order valence-corrected chi connectivity index (χ4v) is 3.01. The summed E-state index contributed by atoms with van der Waals surface area (Å²) in [6.07, 6.45) is 0. The quantitative estimate of drug-likeness (QED) is 0.628. The van der Waals surface area contributed by atoms with Crippen LogP contribution in [0.25, 0.3) is 0 Å². The normalized spacial score (nSPS) is 9.62. The molecule has 0 fully saturated rings. The molecule has 7 heteroatoms. The topological polar surface area (TPSA) is 63.6 Å². The molecule has 0 bridgehead atoms. The Morgan fingerprint density at radius 2 is 1.92 bits per heavy atom. The lowest BCUT2D eigenvalue weighted by Crippen LogP contribution is -2.05. The number of carboxylic acids is 1. The van der Waals surface area contributed by atoms with Gasteiger partial charge in [-0.15, -0.1) is 22.7 Å². The highest BCUT2D eigenvalue weighted by Crippen LogP contribution is 2.25. The van der Waals surface area contributed by atoms with Gasteiger partial charge in [0.05, 0.1) is 7.11 Å². The average molecular weight is 236 g/mol. The summed E-state index contributed by atoms with van der Waals surface area (Å²) in [5.41, 5.74) is 0. The van der Waals surface area contributed by atoms with E-state index < -0.39 is 11.9 Å². The Morgan fingerprint density at radius 3 is 2.38 bits per heavy atom. The number of hydrogen-bond acceptors (Lipinski definition) is 6. The van der Waals surface area contributed by atoms with Crippen LogP contribution in [0.5, 0.6) is 0 Å². The predicted octanol–water partition coefficient (Wildman–Crippen LogP) is 2.02. The number of carbonyl (C=O) groups is 2. The number of ether oxygens (including phenoxy) is 1. The third kappa shape index (κ3) is 2.11. The van der Waals surface area contributed by atoms with Crippen molar-refractivity contribution in [3.63, 3.8) is 0 Å². The second-order valence-electron chi connectivity index (χ2n) is 1.91. The second-order valence-corrected chi connectivity index (χ2v) is 5.13. The second kappa shape index (κ2) is 3.95. The zero-order valence-electron chi connectivity index (χ0n) is 6.40. The molecule has 0 spiro atoms.